The average Bonchev–Trinajstić information content (AvgIpc) is 2.59. The molecule has 0 aliphatic carbocycles. The third kappa shape index (κ3) is 6.48. The molecule has 0 radical (unpaired) electrons. The molecule has 0 aliphatic rings. The van der Waals surface area contributed by atoms with E-state index in [1.165, 1.54) is 4.31 Å². The van der Waals surface area contributed by atoms with Crippen molar-refractivity contribution in [1.29, 1.82) is 0 Å². The molecule has 0 atom stereocenters. The molecule has 27 heavy (non-hydrogen) atoms. The smallest absolute Gasteiger partial charge is 0.238 e. The highest BCUT2D eigenvalue weighted by Crippen LogP contribution is 2.14. The van der Waals surface area contributed by atoms with E-state index in [1.807, 2.05) is 75.4 Å². The summed E-state index contributed by atoms with van der Waals surface area (Å²) in [5.74, 6) is -0.202. The van der Waals surface area contributed by atoms with Gasteiger partial charge >= 0.3 is 0 Å². The molecule has 2 rings (SSSR count). The van der Waals surface area contributed by atoms with E-state index in [0.717, 1.165) is 22.9 Å². The Kier molecular flexibility index (Phi) is 7.16. The van der Waals surface area contributed by atoms with E-state index < -0.39 is 10.0 Å². The van der Waals surface area contributed by atoms with Gasteiger partial charge in [-0.1, -0.05) is 60.2 Å². The lowest BCUT2D eigenvalue weighted by molar-refractivity contribution is -0.133. The van der Waals surface area contributed by atoms with Gasteiger partial charge in [0, 0.05) is 19.1 Å². The van der Waals surface area contributed by atoms with Crippen LogP contribution < -0.4 is 0 Å². The molecule has 0 unspecified atom stereocenters. The molecule has 0 saturated carbocycles. The highest BCUT2D eigenvalue weighted by Gasteiger charge is 2.25. The minimum absolute atomic E-state index is 0.0295. The molecule has 0 fully saturated rings. The van der Waals surface area contributed by atoms with Crippen LogP contribution in [-0.4, -0.2) is 42.4 Å². The molecule has 0 bridgehead atoms. The summed E-state index contributed by atoms with van der Waals surface area (Å²) in [5, 5.41) is 0. The molecule has 0 aromatic heterocycles. The van der Waals surface area contributed by atoms with Crippen LogP contribution in [0.25, 0.3) is 0 Å². The lowest BCUT2D eigenvalue weighted by Gasteiger charge is -2.29. The Labute approximate surface area is 162 Å². The van der Waals surface area contributed by atoms with E-state index in [4.69, 9.17) is 0 Å². The van der Waals surface area contributed by atoms with Gasteiger partial charge in [0.15, 0.2) is 0 Å². The number of sulfonamides is 1. The maximum Gasteiger partial charge on any atom is 0.238 e. The molecular weight excluding hydrogens is 360 g/mol. The maximum absolute atomic E-state index is 12.9. The van der Waals surface area contributed by atoms with Crippen LogP contribution in [0, 0.1) is 6.92 Å². The van der Waals surface area contributed by atoms with Gasteiger partial charge in [-0.25, -0.2) is 8.42 Å². The lowest BCUT2D eigenvalue weighted by atomic mass is 10.1. The summed E-state index contributed by atoms with van der Waals surface area (Å²) in [6, 6.07) is 17.3. The second-order valence-corrected chi connectivity index (χ2v) is 9.10. The van der Waals surface area contributed by atoms with Crippen molar-refractivity contribution in [2.75, 3.05) is 12.8 Å². The number of hydrogen-bond donors (Lipinski definition) is 0. The molecule has 0 N–H and O–H groups in total. The zero-order valence-corrected chi connectivity index (χ0v) is 17.2. The zero-order valence-electron chi connectivity index (χ0n) is 16.4. The Balaban J connectivity index is 2.17. The highest BCUT2D eigenvalue weighted by atomic mass is 32.2. The van der Waals surface area contributed by atoms with E-state index in [0.29, 0.717) is 6.54 Å². The van der Waals surface area contributed by atoms with E-state index in [2.05, 4.69) is 0 Å². The van der Waals surface area contributed by atoms with Crippen molar-refractivity contribution in [2.45, 2.75) is 39.9 Å². The van der Waals surface area contributed by atoms with Crippen LogP contribution in [0.4, 0.5) is 0 Å². The molecule has 0 heterocycles. The van der Waals surface area contributed by atoms with Gasteiger partial charge in [0.2, 0.25) is 15.9 Å². The van der Waals surface area contributed by atoms with E-state index in [-0.39, 0.29) is 25.0 Å². The van der Waals surface area contributed by atoms with Crippen LogP contribution >= 0.6 is 0 Å². The van der Waals surface area contributed by atoms with Gasteiger partial charge in [-0.05, 0) is 31.9 Å². The molecule has 0 spiro atoms. The topological polar surface area (TPSA) is 57.7 Å². The molecule has 0 aliphatic heterocycles. The van der Waals surface area contributed by atoms with E-state index >= 15 is 0 Å². The van der Waals surface area contributed by atoms with Gasteiger partial charge < -0.3 is 4.90 Å². The number of carbonyl (C=O) groups excluding carboxylic acids is 1. The van der Waals surface area contributed by atoms with E-state index in [1.54, 1.807) is 4.90 Å². The third-order valence-electron chi connectivity index (χ3n) is 4.36. The first kappa shape index (κ1) is 21.1. The first-order valence-electron chi connectivity index (χ1n) is 9.01. The van der Waals surface area contributed by atoms with E-state index in [9.17, 15) is 13.2 Å². The Bertz CT molecular complexity index is 864. The monoisotopic (exact) mass is 388 g/mol. The zero-order chi connectivity index (χ0) is 20.0. The predicted octanol–water partition coefficient (Wildman–Crippen LogP) is 3.19. The number of amides is 1. The first-order chi connectivity index (χ1) is 12.7. The predicted molar refractivity (Wildman–Crippen MR) is 109 cm³/mol. The number of aryl methyl sites for hydroxylation is 1. The average molecular weight is 389 g/mol. The van der Waals surface area contributed by atoms with Gasteiger partial charge in [0.1, 0.15) is 0 Å². The fraction of sp³-hybridized carbons (Fsp3) is 0.381. The van der Waals surface area contributed by atoms with Gasteiger partial charge in [0.25, 0.3) is 0 Å². The Morgan fingerprint density at radius 3 is 2.15 bits per heavy atom. The van der Waals surface area contributed by atoms with Crippen molar-refractivity contribution >= 4 is 15.9 Å². The van der Waals surface area contributed by atoms with Crippen LogP contribution in [0.5, 0.6) is 0 Å². The summed E-state index contributed by atoms with van der Waals surface area (Å²) < 4.78 is 25.8. The normalized spacial score (nSPS) is 11.8. The fourth-order valence-electron chi connectivity index (χ4n) is 2.89. The number of carbonyl (C=O) groups is 1. The minimum atomic E-state index is -3.52. The summed E-state index contributed by atoms with van der Waals surface area (Å²) in [4.78, 5) is 14.6. The standard InChI is InChI=1S/C21H28N2O3S/c1-17(2)23(15-19-10-6-5-7-11-19)21(24)16-22(27(4,25)26)14-20-12-8-9-18(3)13-20/h5-13,17H,14-16H2,1-4H3. The molecular formula is C21H28N2O3S. The summed E-state index contributed by atoms with van der Waals surface area (Å²) in [6.07, 6.45) is 1.15. The molecule has 146 valence electrons. The largest absolute Gasteiger partial charge is 0.335 e. The maximum atomic E-state index is 12.9. The molecule has 0 saturated heterocycles. The summed E-state index contributed by atoms with van der Waals surface area (Å²) in [5.41, 5.74) is 2.94. The van der Waals surface area contributed by atoms with Crippen molar-refractivity contribution < 1.29 is 13.2 Å². The number of benzene rings is 2. The summed E-state index contributed by atoms with van der Waals surface area (Å²) in [6.45, 7) is 6.30. The second-order valence-electron chi connectivity index (χ2n) is 7.12. The Morgan fingerprint density at radius 1 is 0.963 bits per heavy atom. The van der Waals surface area contributed by atoms with Crippen LogP contribution in [0.1, 0.15) is 30.5 Å². The van der Waals surface area contributed by atoms with Gasteiger partial charge in [-0.2, -0.15) is 4.31 Å². The van der Waals surface area contributed by atoms with Crippen molar-refractivity contribution in [3.8, 4) is 0 Å². The molecule has 1 amide bonds. The first-order valence-corrected chi connectivity index (χ1v) is 10.9. The molecule has 2 aromatic carbocycles. The number of nitrogens with zero attached hydrogens (tertiary/aromatic N) is 2. The molecule has 5 nitrogen and oxygen atoms in total. The fourth-order valence-corrected chi connectivity index (χ4v) is 3.61. The van der Waals surface area contributed by atoms with Gasteiger partial charge in [-0.15, -0.1) is 0 Å². The van der Waals surface area contributed by atoms with Crippen LogP contribution in [0.15, 0.2) is 54.6 Å². The Morgan fingerprint density at radius 2 is 1.59 bits per heavy atom. The highest BCUT2D eigenvalue weighted by molar-refractivity contribution is 7.88. The van der Waals surface area contributed by atoms with Crippen LogP contribution in [0.3, 0.4) is 0 Å². The van der Waals surface area contributed by atoms with Gasteiger partial charge in [0.05, 0.1) is 12.8 Å². The van der Waals surface area contributed by atoms with Crippen LogP contribution in [-0.2, 0) is 27.9 Å². The van der Waals surface area contributed by atoms with Crippen molar-refractivity contribution in [3.05, 3.63) is 71.3 Å². The van der Waals surface area contributed by atoms with Crippen molar-refractivity contribution in [2.24, 2.45) is 0 Å². The Hall–Kier alpha value is -2.18. The van der Waals surface area contributed by atoms with Crippen molar-refractivity contribution in [3.63, 3.8) is 0 Å². The minimum Gasteiger partial charge on any atom is -0.335 e. The van der Waals surface area contributed by atoms with Crippen LogP contribution in [0.2, 0.25) is 0 Å². The molecule has 6 heteroatoms. The summed E-state index contributed by atoms with van der Waals surface area (Å²) >= 11 is 0. The SMILES string of the molecule is Cc1cccc(CN(CC(=O)N(Cc2ccccc2)C(C)C)S(C)(=O)=O)c1. The lowest BCUT2D eigenvalue weighted by Crippen LogP contribution is -2.44. The third-order valence-corrected chi connectivity index (χ3v) is 5.56. The quantitative estimate of drug-likeness (QED) is 0.698. The van der Waals surface area contributed by atoms with Crippen molar-refractivity contribution in [1.82, 2.24) is 9.21 Å². The number of hydrogen-bond acceptors (Lipinski definition) is 3. The number of rotatable bonds is 8. The van der Waals surface area contributed by atoms with Gasteiger partial charge in [-0.3, -0.25) is 4.79 Å². The molecule has 2 aromatic rings. The summed E-state index contributed by atoms with van der Waals surface area (Å²) in [7, 11) is -3.52. The second kappa shape index (κ2) is 9.15.